The van der Waals surface area contributed by atoms with E-state index in [-0.39, 0.29) is 0 Å². The fourth-order valence-electron chi connectivity index (χ4n) is 2.20. The van der Waals surface area contributed by atoms with Crippen LogP contribution >= 0.6 is 0 Å². The van der Waals surface area contributed by atoms with E-state index >= 15 is 0 Å². The highest BCUT2D eigenvalue weighted by Crippen LogP contribution is 2.19. The molecule has 3 aromatic carbocycles. The Hall–Kier alpha value is -2.98. The van der Waals surface area contributed by atoms with Gasteiger partial charge in [-0.25, -0.2) is 0 Å². The van der Waals surface area contributed by atoms with Crippen LogP contribution in [0, 0.1) is 11.8 Å². The third-order valence-electron chi connectivity index (χ3n) is 3.43. The summed E-state index contributed by atoms with van der Waals surface area (Å²) in [6, 6.07) is 26.4. The van der Waals surface area contributed by atoms with Gasteiger partial charge in [0.15, 0.2) is 0 Å². The molecule has 0 spiro atoms. The summed E-state index contributed by atoms with van der Waals surface area (Å²) in [5.74, 6) is 7.20. The molecule has 106 valence electrons. The van der Waals surface area contributed by atoms with E-state index in [2.05, 4.69) is 48.2 Å². The predicted molar refractivity (Wildman–Crippen MR) is 90.9 cm³/mol. The third kappa shape index (κ3) is 3.37. The number of methoxy groups -OCH3 is 1. The maximum atomic E-state index is 5.14. The van der Waals surface area contributed by atoms with Crippen molar-refractivity contribution in [2.45, 2.75) is 0 Å². The first kappa shape index (κ1) is 14.0. The Morgan fingerprint density at radius 1 is 0.591 bits per heavy atom. The molecule has 0 radical (unpaired) electrons. The summed E-state index contributed by atoms with van der Waals surface area (Å²) in [5.41, 5.74) is 4.41. The average molecular weight is 284 g/mol. The molecule has 0 aromatic heterocycles. The largest absolute Gasteiger partial charge is 0.497 e. The smallest absolute Gasteiger partial charge is 0.118 e. The topological polar surface area (TPSA) is 9.23 Å². The van der Waals surface area contributed by atoms with Crippen LogP contribution in [0.5, 0.6) is 5.75 Å². The molecular weight excluding hydrogens is 268 g/mol. The van der Waals surface area contributed by atoms with E-state index < -0.39 is 0 Å². The van der Waals surface area contributed by atoms with Gasteiger partial charge in [0.2, 0.25) is 0 Å². The molecule has 0 atom stereocenters. The second-order valence-electron chi connectivity index (χ2n) is 4.92. The van der Waals surface area contributed by atoms with Crippen molar-refractivity contribution in [1.29, 1.82) is 0 Å². The van der Waals surface area contributed by atoms with Crippen LogP contribution in [-0.2, 0) is 0 Å². The van der Waals surface area contributed by atoms with Crippen molar-refractivity contribution in [3.8, 4) is 28.7 Å². The first-order chi connectivity index (χ1) is 10.8. The second kappa shape index (κ2) is 6.65. The van der Waals surface area contributed by atoms with Gasteiger partial charge in [-0.15, -0.1) is 0 Å². The summed E-state index contributed by atoms with van der Waals surface area (Å²) >= 11 is 0. The molecule has 0 aliphatic rings. The Morgan fingerprint density at radius 2 is 1.09 bits per heavy atom. The maximum absolute atomic E-state index is 5.14. The van der Waals surface area contributed by atoms with Gasteiger partial charge in [0.25, 0.3) is 0 Å². The SMILES string of the molecule is COc1ccc(C#Cc2ccc(-c3ccccc3)cc2)cc1. The fraction of sp³-hybridized carbons (Fsp3) is 0.0476. The molecule has 0 heterocycles. The van der Waals surface area contributed by atoms with Crippen LogP contribution in [0.3, 0.4) is 0 Å². The van der Waals surface area contributed by atoms with Gasteiger partial charge in [0, 0.05) is 11.1 Å². The summed E-state index contributed by atoms with van der Waals surface area (Å²) in [6.45, 7) is 0. The molecule has 0 saturated heterocycles. The number of hydrogen-bond acceptors (Lipinski definition) is 1. The Bertz CT molecular complexity index is 789. The highest BCUT2D eigenvalue weighted by Gasteiger charge is 1.96. The molecule has 1 heteroatoms. The van der Waals surface area contributed by atoms with Gasteiger partial charge in [-0.05, 0) is 47.5 Å². The zero-order valence-corrected chi connectivity index (χ0v) is 12.4. The van der Waals surface area contributed by atoms with E-state index in [4.69, 9.17) is 4.74 Å². The van der Waals surface area contributed by atoms with Crippen LogP contribution in [0.25, 0.3) is 11.1 Å². The van der Waals surface area contributed by atoms with E-state index in [1.807, 2.05) is 42.5 Å². The number of hydrogen-bond donors (Lipinski definition) is 0. The Morgan fingerprint density at radius 3 is 1.64 bits per heavy atom. The minimum Gasteiger partial charge on any atom is -0.497 e. The Balaban J connectivity index is 1.78. The molecule has 0 N–H and O–H groups in total. The van der Waals surface area contributed by atoms with Gasteiger partial charge in [-0.2, -0.15) is 0 Å². The predicted octanol–water partition coefficient (Wildman–Crippen LogP) is 4.76. The molecule has 0 saturated carbocycles. The van der Waals surface area contributed by atoms with Crippen molar-refractivity contribution < 1.29 is 4.74 Å². The van der Waals surface area contributed by atoms with Gasteiger partial charge < -0.3 is 4.74 Å². The van der Waals surface area contributed by atoms with Gasteiger partial charge in [-0.1, -0.05) is 54.3 Å². The van der Waals surface area contributed by atoms with Crippen LogP contribution in [0.2, 0.25) is 0 Å². The molecule has 1 nitrogen and oxygen atoms in total. The number of ether oxygens (including phenoxy) is 1. The normalized spacial score (nSPS) is 9.68. The first-order valence-electron chi connectivity index (χ1n) is 7.17. The van der Waals surface area contributed by atoms with Crippen molar-refractivity contribution in [3.05, 3.63) is 90.0 Å². The molecule has 22 heavy (non-hydrogen) atoms. The lowest BCUT2D eigenvalue weighted by molar-refractivity contribution is 0.415. The molecule has 0 bridgehead atoms. The molecule has 3 rings (SSSR count). The van der Waals surface area contributed by atoms with Crippen molar-refractivity contribution >= 4 is 0 Å². The van der Waals surface area contributed by atoms with Gasteiger partial charge in [0.1, 0.15) is 5.75 Å². The monoisotopic (exact) mass is 284 g/mol. The van der Waals surface area contributed by atoms with E-state index in [9.17, 15) is 0 Å². The summed E-state index contributed by atoms with van der Waals surface area (Å²) in [6.07, 6.45) is 0. The maximum Gasteiger partial charge on any atom is 0.118 e. The Labute approximate surface area is 131 Å². The van der Waals surface area contributed by atoms with Crippen LogP contribution in [0.4, 0.5) is 0 Å². The third-order valence-corrected chi connectivity index (χ3v) is 3.43. The minimum atomic E-state index is 0.845. The van der Waals surface area contributed by atoms with Crippen molar-refractivity contribution in [2.75, 3.05) is 7.11 Å². The van der Waals surface area contributed by atoms with E-state index in [0.29, 0.717) is 0 Å². The van der Waals surface area contributed by atoms with Crippen molar-refractivity contribution in [3.63, 3.8) is 0 Å². The Kier molecular flexibility index (Phi) is 4.22. The first-order valence-corrected chi connectivity index (χ1v) is 7.17. The highest BCUT2D eigenvalue weighted by atomic mass is 16.5. The number of rotatable bonds is 2. The summed E-state index contributed by atoms with van der Waals surface area (Å²) in [7, 11) is 1.66. The van der Waals surface area contributed by atoms with Crippen LogP contribution < -0.4 is 4.74 Å². The molecule has 0 amide bonds. The van der Waals surface area contributed by atoms with Gasteiger partial charge >= 0.3 is 0 Å². The standard InChI is InChI=1S/C21H16O/c1-22-21-15-11-18(12-16-21)8-7-17-9-13-20(14-10-17)19-5-3-2-4-6-19/h2-6,9-16H,1H3. The molecule has 0 aliphatic carbocycles. The van der Waals surface area contributed by atoms with Gasteiger partial charge in [-0.3, -0.25) is 0 Å². The van der Waals surface area contributed by atoms with Crippen molar-refractivity contribution in [2.24, 2.45) is 0 Å². The van der Waals surface area contributed by atoms with Gasteiger partial charge in [0.05, 0.1) is 7.11 Å². The molecule has 0 fully saturated rings. The quantitative estimate of drug-likeness (QED) is 0.616. The zero-order chi connectivity index (χ0) is 15.2. The lowest BCUT2D eigenvalue weighted by atomic mass is 10.0. The lowest BCUT2D eigenvalue weighted by Gasteiger charge is -2.01. The average Bonchev–Trinajstić information content (AvgIpc) is 2.61. The zero-order valence-electron chi connectivity index (χ0n) is 12.4. The molecule has 3 aromatic rings. The lowest BCUT2D eigenvalue weighted by Crippen LogP contribution is -1.82. The van der Waals surface area contributed by atoms with Crippen LogP contribution in [-0.4, -0.2) is 7.11 Å². The number of benzene rings is 3. The van der Waals surface area contributed by atoms with E-state index in [1.165, 1.54) is 11.1 Å². The summed E-state index contributed by atoms with van der Waals surface area (Å²) in [4.78, 5) is 0. The second-order valence-corrected chi connectivity index (χ2v) is 4.92. The summed E-state index contributed by atoms with van der Waals surface area (Å²) in [5, 5.41) is 0. The van der Waals surface area contributed by atoms with Crippen LogP contribution in [0.15, 0.2) is 78.9 Å². The van der Waals surface area contributed by atoms with Crippen LogP contribution in [0.1, 0.15) is 11.1 Å². The minimum absolute atomic E-state index is 0.845. The highest BCUT2D eigenvalue weighted by molar-refractivity contribution is 5.64. The fourth-order valence-corrected chi connectivity index (χ4v) is 2.20. The molecule has 0 unspecified atom stereocenters. The van der Waals surface area contributed by atoms with E-state index in [0.717, 1.165) is 16.9 Å². The summed E-state index contributed by atoms with van der Waals surface area (Å²) < 4.78 is 5.14. The molecule has 0 aliphatic heterocycles. The molecular formula is C21H16O. The van der Waals surface area contributed by atoms with Crippen molar-refractivity contribution in [1.82, 2.24) is 0 Å². The van der Waals surface area contributed by atoms with E-state index in [1.54, 1.807) is 7.11 Å².